The SMILES string of the molecule is CN(c1ccc(S(=O)(=O)Nc2cscn2)cc1C(F)(F)F)C1CCN(Cc2ccccc2)C1.O=CO. The topological polar surface area (TPSA) is 103 Å². The molecule has 13 heteroatoms. The number of nitrogens with one attached hydrogen (secondary N) is 1. The van der Waals surface area contributed by atoms with Crippen LogP contribution in [0, 0.1) is 0 Å². The second-order valence-corrected chi connectivity index (χ2v) is 10.4. The summed E-state index contributed by atoms with van der Waals surface area (Å²) in [4.78, 5) is 15.5. The first-order valence-corrected chi connectivity index (χ1v) is 13.2. The minimum absolute atomic E-state index is 0.0401. The molecule has 36 heavy (non-hydrogen) atoms. The van der Waals surface area contributed by atoms with Gasteiger partial charge >= 0.3 is 6.18 Å². The van der Waals surface area contributed by atoms with Crippen LogP contribution in [0.2, 0.25) is 0 Å². The van der Waals surface area contributed by atoms with Gasteiger partial charge in [0.15, 0.2) is 5.82 Å². The van der Waals surface area contributed by atoms with Gasteiger partial charge < -0.3 is 10.0 Å². The summed E-state index contributed by atoms with van der Waals surface area (Å²) in [5, 5.41) is 8.35. The Morgan fingerprint density at radius 3 is 2.56 bits per heavy atom. The number of aromatic nitrogens is 1. The molecule has 0 bridgehead atoms. The van der Waals surface area contributed by atoms with E-state index in [1.807, 2.05) is 30.3 Å². The van der Waals surface area contributed by atoms with Crippen LogP contribution in [-0.4, -0.2) is 56.1 Å². The number of sulfonamides is 1. The van der Waals surface area contributed by atoms with E-state index >= 15 is 0 Å². The average Bonchev–Trinajstić information content (AvgIpc) is 3.51. The van der Waals surface area contributed by atoms with Crippen LogP contribution in [-0.2, 0) is 27.5 Å². The highest BCUT2D eigenvalue weighted by Crippen LogP contribution is 2.39. The standard InChI is InChI=1S/C22H23F3N4O2S2.CH2O2/c1-28(17-9-10-29(13-17)12-16-5-3-2-4-6-16)20-8-7-18(11-19(20)22(23,24)25)33(30,31)27-21-14-32-15-26-21;2-1-3/h2-8,11,14-15,17,27H,9-10,12-13H2,1H3;1H,(H,2,3). The number of alkyl halides is 3. The second-order valence-electron chi connectivity index (χ2n) is 8.04. The number of thiazole rings is 1. The summed E-state index contributed by atoms with van der Waals surface area (Å²) in [6.07, 6.45) is -4.00. The van der Waals surface area contributed by atoms with E-state index in [4.69, 9.17) is 9.90 Å². The van der Waals surface area contributed by atoms with Gasteiger partial charge in [-0.2, -0.15) is 13.2 Å². The molecule has 0 spiro atoms. The van der Waals surface area contributed by atoms with E-state index in [0.29, 0.717) is 19.0 Å². The molecule has 1 fully saturated rings. The quantitative estimate of drug-likeness (QED) is 0.428. The largest absolute Gasteiger partial charge is 0.483 e. The fourth-order valence-electron chi connectivity index (χ4n) is 3.99. The van der Waals surface area contributed by atoms with Gasteiger partial charge in [-0.3, -0.25) is 14.4 Å². The lowest BCUT2D eigenvalue weighted by molar-refractivity contribution is -0.137. The van der Waals surface area contributed by atoms with Gasteiger partial charge in [0.25, 0.3) is 16.5 Å². The first-order chi connectivity index (χ1) is 17.0. The number of halogens is 3. The molecule has 0 saturated carbocycles. The summed E-state index contributed by atoms with van der Waals surface area (Å²) >= 11 is 1.18. The fraction of sp³-hybridized carbons (Fsp3) is 0.304. The van der Waals surface area contributed by atoms with Crippen LogP contribution in [0.15, 0.2) is 64.3 Å². The van der Waals surface area contributed by atoms with Gasteiger partial charge in [-0.05, 0) is 30.2 Å². The molecule has 1 unspecified atom stereocenters. The number of likely N-dealkylation sites (tertiary alicyclic amines) is 1. The van der Waals surface area contributed by atoms with Crippen LogP contribution in [0.4, 0.5) is 24.7 Å². The minimum Gasteiger partial charge on any atom is -0.483 e. The zero-order valence-corrected chi connectivity index (χ0v) is 20.9. The highest BCUT2D eigenvalue weighted by Gasteiger charge is 2.38. The zero-order chi connectivity index (χ0) is 26.3. The number of anilines is 2. The number of hydrogen-bond donors (Lipinski definition) is 2. The van der Waals surface area contributed by atoms with Crippen LogP contribution in [0.5, 0.6) is 0 Å². The third-order valence-corrected chi connectivity index (χ3v) is 7.62. The predicted octanol–water partition coefficient (Wildman–Crippen LogP) is 4.37. The number of likely N-dealkylation sites (N-methyl/N-ethyl adjacent to an activating group) is 1. The van der Waals surface area contributed by atoms with E-state index in [1.165, 1.54) is 34.4 Å². The molecule has 0 radical (unpaired) electrons. The molecule has 2 N–H and O–H groups in total. The van der Waals surface area contributed by atoms with Gasteiger partial charge in [0.1, 0.15) is 0 Å². The Bertz CT molecular complexity index is 1240. The fourth-order valence-corrected chi connectivity index (χ4v) is 5.57. The van der Waals surface area contributed by atoms with Gasteiger partial charge in [0.2, 0.25) is 0 Å². The van der Waals surface area contributed by atoms with E-state index in [1.54, 1.807) is 11.9 Å². The molecule has 8 nitrogen and oxygen atoms in total. The van der Waals surface area contributed by atoms with Gasteiger partial charge in [0, 0.05) is 43.8 Å². The van der Waals surface area contributed by atoms with Crippen LogP contribution < -0.4 is 9.62 Å². The number of nitrogens with zero attached hydrogens (tertiary/aromatic N) is 3. The molecule has 1 atom stereocenters. The number of carboxylic acid groups (broad SMARTS) is 1. The van der Waals surface area contributed by atoms with Crippen molar-refractivity contribution in [2.24, 2.45) is 0 Å². The Morgan fingerprint density at radius 1 is 1.25 bits per heavy atom. The molecule has 0 aliphatic carbocycles. The van der Waals surface area contributed by atoms with Crippen molar-refractivity contribution in [1.82, 2.24) is 9.88 Å². The molecular weight excluding hydrogens is 517 g/mol. The van der Waals surface area contributed by atoms with Crippen molar-refractivity contribution < 1.29 is 31.5 Å². The predicted molar refractivity (Wildman–Crippen MR) is 132 cm³/mol. The first-order valence-electron chi connectivity index (χ1n) is 10.7. The lowest BCUT2D eigenvalue weighted by Crippen LogP contribution is -2.35. The summed E-state index contributed by atoms with van der Waals surface area (Å²) in [5.74, 6) is 0.0687. The molecular formula is C23H25F3N4O4S2. The van der Waals surface area contributed by atoms with Crippen LogP contribution >= 0.6 is 11.3 Å². The van der Waals surface area contributed by atoms with Crippen molar-refractivity contribution in [3.8, 4) is 0 Å². The summed E-state index contributed by atoms with van der Waals surface area (Å²) in [5.41, 5.74) is 1.56. The molecule has 4 rings (SSSR count). The highest BCUT2D eigenvalue weighted by atomic mass is 32.2. The maximum atomic E-state index is 13.9. The Labute approximate surface area is 211 Å². The second kappa shape index (κ2) is 11.7. The Balaban J connectivity index is 0.00000115. The summed E-state index contributed by atoms with van der Waals surface area (Å²) in [6.45, 7) is 1.88. The Kier molecular flexibility index (Phi) is 8.93. The number of benzene rings is 2. The Morgan fingerprint density at radius 2 is 1.94 bits per heavy atom. The first kappa shape index (κ1) is 27.4. The van der Waals surface area contributed by atoms with Gasteiger partial charge in [-0.25, -0.2) is 13.4 Å². The van der Waals surface area contributed by atoms with Gasteiger partial charge in [0.05, 0.1) is 16.0 Å². The third kappa shape index (κ3) is 6.95. The van der Waals surface area contributed by atoms with Crippen molar-refractivity contribution in [2.75, 3.05) is 29.8 Å². The lowest BCUT2D eigenvalue weighted by Gasteiger charge is -2.30. The van der Waals surface area contributed by atoms with Gasteiger partial charge in [-0.15, -0.1) is 11.3 Å². The number of hydrogen-bond acceptors (Lipinski definition) is 7. The van der Waals surface area contributed by atoms with Crippen molar-refractivity contribution in [1.29, 1.82) is 0 Å². The molecule has 2 heterocycles. The molecule has 1 saturated heterocycles. The normalized spacial score (nSPS) is 16.2. The molecule has 1 aliphatic rings. The monoisotopic (exact) mass is 542 g/mol. The van der Waals surface area contributed by atoms with Crippen LogP contribution in [0.1, 0.15) is 17.5 Å². The van der Waals surface area contributed by atoms with Crippen LogP contribution in [0.3, 0.4) is 0 Å². The van der Waals surface area contributed by atoms with E-state index in [9.17, 15) is 21.6 Å². The average molecular weight is 543 g/mol. The lowest BCUT2D eigenvalue weighted by atomic mass is 10.1. The molecule has 194 valence electrons. The molecule has 1 aromatic heterocycles. The van der Waals surface area contributed by atoms with Gasteiger partial charge in [-0.1, -0.05) is 30.3 Å². The molecule has 2 aromatic carbocycles. The summed E-state index contributed by atoms with van der Waals surface area (Å²) < 4.78 is 69.2. The molecule has 0 amide bonds. The van der Waals surface area contributed by atoms with Crippen molar-refractivity contribution in [3.05, 3.63) is 70.5 Å². The number of rotatable bonds is 7. The highest BCUT2D eigenvalue weighted by molar-refractivity contribution is 7.92. The number of carbonyl (C=O) groups is 1. The van der Waals surface area contributed by atoms with E-state index in [2.05, 4.69) is 14.6 Å². The summed E-state index contributed by atoms with van der Waals surface area (Å²) in [6, 6.07) is 12.9. The molecule has 3 aromatic rings. The minimum atomic E-state index is -4.71. The summed E-state index contributed by atoms with van der Waals surface area (Å²) in [7, 11) is -2.58. The third-order valence-electron chi connectivity index (χ3n) is 5.68. The van der Waals surface area contributed by atoms with E-state index in [-0.39, 0.29) is 24.0 Å². The van der Waals surface area contributed by atoms with Crippen molar-refractivity contribution in [3.63, 3.8) is 0 Å². The maximum absolute atomic E-state index is 13.9. The smallest absolute Gasteiger partial charge is 0.418 e. The van der Waals surface area contributed by atoms with Crippen molar-refractivity contribution in [2.45, 2.75) is 30.1 Å². The van der Waals surface area contributed by atoms with Crippen molar-refractivity contribution >= 4 is 39.3 Å². The maximum Gasteiger partial charge on any atom is 0.418 e. The van der Waals surface area contributed by atoms with Crippen LogP contribution in [0.25, 0.3) is 0 Å². The Hall–Kier alpha value is -3.16. The van der Waals surface area contributed by atoms with E-state index < -0.39 is 26.7 Å². The van der Waals surface area contributed by atoms with E-state index in [0.717, 1.165) is 18.7 Å². The molecule has 1 aliphatic heterocycles. The zero-order valence-electron chi connectivity index (χ0n) is 19.2.